The zero-order valence-electron chi connectivity index (χ0n) is 11.8. The van der Waals surface area contributed by atoms with E-state index in [1.54, 1.807) is 12.1 Å². The second kappa shape index (κ2) is 6.99. The molecule has 1 aromatic rings. The average Bonchev–Trinajstić information content (AvgIpc) is 3.00. The Hall–Kier alpha value is -2.21. The molecule has 1 aliphatic heterocycles. The molecule has 0 aliphatic carbocycles. The van der Waals surface area contributed by atoms with Gasteiger partial charge in [-0.05, 0) is 31.1 Å². The first-order valence-corrected chi connectivity index (χ1v) is 6.82. The van der Waals surface area contributed by atoms with Crippen molar-refractivity contribution in [1.29, 1.82) is 0 Å². The number of aromatic nitrogens is 1. The van der Waals surface area contributed by atoms with Crippen molar-refractivity contribution in [2.75, 3.05) is 13.2 Å². The molecule has 0 bridgehead atoms. The number of aliphatic carboxylic acids is 1. The molecule has 2 atom stereocenters. The van der Waals surface area contributed by atoms with Crippen LogP contribution in [0.3, 0.4) is 0 Å². The topological polar surface area (TPSA) is 88.5 Å². The Bertz CT molecular complexity index is 533. The lowest BCUT2D eigenvalue weighted by Gasteiger charge is -2.18. The van der Waals surface area contributed by atoms with Gasteiger partial charge in [-0.2, -0.15) is 0 Å². The molecule has 6 heteroatoms. The maximum atomic E-state index is 12.1. The highest BCUT2D eigenvalue weighted by Crippen LogP contribution is 2.16. The predicted molar refractivity (Wildman–Crippen MR) is 76.8 cm³/mol. The Morgan fingerprint density at radius 1 is 1.52 bits per heavy atom. The van der Waals surface area contributed by atoms with Crippen LogP contribution in [0.25, 0.3) is 6.08 Å². The van der Waals surface area contributed by atoms with Crippen LogP contribution in [-0.2, 0) is 9.53 Å². The van der Waals surface area contributed by atoms with Gasteiger partial charge in [0.1, 0.15) is 5.69 Å². The number of ether oxygens (including phenoxy) is 1. The fourth-order valence-corrected chi connectivity index (χ4v) is 2.15. The van der Waals surface area contributed by atoms with Crippen LogP contribution >= 0.6 is 0 Å². The molecule has 2 unspecified atom stereocenters. The standard InChI is InChI=1S/C15H18N2O4/c1-10(12-6-7-21-9-12)17-15(20)13-4-2-11(8-16-13)3-5-14(18)19/h2-5,8,10,12H,6-7,9H2,1H3,(H,17,20)(H,18,19)/b5-3+. The molecule has 1 fully saturated rings. The number of nitrogens with zero attached hydrogens (tertiary/aromatic N) is 1. The number of carbonyl (C=O) groups is 2. The zero-order valence-corrected chi connectivity index (χ0v) is 11.8. The quantitative estimate of drug-likeness (QED) is 0.799. The van der Waals surface area contributed by atoms with Crippen molar-refractivity contribution < 1.29 is 19.4 Å². The van der Waals surface area contributed by atoms with Crippen molar-refractivity contribution in [3.63, 3.8) is 0 Å². The van der Waals surface area contributed by atoms with Gasteiger partial charge in [0, 0.05) is 30.8 Å². The Balaban J connectivity index is 1.94. The van der Waals surface area contributed by atoms with E-state index in [9.17, 15) is 9.59 Å². The van der Waals surface area contributed by atoms with Crippen LogP contribution in [0, 0.1) is 5.92 Å². The van der Waals surface area contributed by atoms with Gasteiger partial charge in [-0.15, -0.1) is 0 Å². The van der Waals surface area contributed by atoms with Crippen LogP contribution in [-0.4, -0.2) is 41.2 Å². The number of nitrogens with one attached hydrogen (secondary N) is 1. The molecular formula is C15H18N2O4. The average molecular weight is 290 g/mol. The number of carboxylic acids is 1. The minimum Gasteiger partial charge on any atom is -0.478 e. The first-order valence-electron chi connectivity index (χ1n) is 6.82. The molecule has 1 aliphatic rings. The third-order valence-corrected chi connectivity index (χ3v) is 3.47. The number of pyridine rings is 1. The normalized spacial score (nSPS) is 19.6. The lowest BCUT2D eigenvalue weighted by atomic mass is 10.0. The zero-order chi connectivity index (χ0) is 15.2. The van der Waals surface area contributed by atoms with Gasteiger partial charge in [0.15, 0.2) is 0 Å². The molecular weight excluding hydrogens is 272 g/mol. The van der Waals surface area contributed by atoms with Crippen LogP contribution in [0.1, 0.15) is 29.4 Å². The minimum atomic E-state index is -1.02. The van der Waals surface area contributed by atoms with Crippen LogP contribution in [0.2, 0.25) is 0 Å². The molecule has 0 spiro atoms. The second-order valence-corrected chi connectivity index (χ2v) is 5.03. The van der Waals surface area contributed by atoms with Crippen molar-refractivity contribution in [3.8, 4) is 0 Å². The monoisotopic (exact) mass is 290 g/mol. The SMILES string of the molecule is CC(NC(=O)c1ccc(/C=C/C(=O)O)cn1)C1CCOC1. The van der Waals surface area contributed by atoms with Gasteiger partial charge in [-0.3, -0.25) is 9.78 Å². The summed E-state index contributed by atoms with van der Waals surface area (Å²) in [6.07, 6.45) is 4.87. The van der Waals surface area contributed by atoms with E-state index in [0.29, 0.717) is 23.8 Å². The van der Waals surface area contributed by atoms with Gasteiger partial charge in [0.05, 0.1) is 6.61 Å². The first-order chi connectivity index (χ1) is 10.1. The fourth-order valence-electron chi connectivity index (χ4n) is 2.15. The van der Waals surface area contributed by atoms with Crippen LogP contribution in [0.15, 0.2) is 24.4 Å². The summed E-state index contributed by atoms with van der Waals surface area (Å²) >= 11 is 0. The summed E-state index contributed by atoms with van der Waals surface area (Å²) in [6.45, 7) is 3.38. The highest BCUT2D eigenvalue weighted by molar-refractivity contribution is 5.92. The van der Waals surface area contributed by atoms with E-state index < -0.39 is 5.97 Å². The van der Waals surface area contributed by atoms with Gasteiger partial charge in [-0.25, -0.2) is 4.79 Å². The highest BCUT2D eigenvalue weighted by atomic mass is 16.5. The molecule has 0 saturated carbocycles. The summed E-state index contributed by atoms with van der Waals surface area (Å²) < 4.78 is 5.30. The van der Waals surface area contributed by atoms with E-state index in [1.807, 2.05) is 6.92 Å². The lowest BCUT2D eigenvalue weighted by molar-refractivity contribution is -0.131. The number of carboxylic acid groups (broad SMARTS) is 1. The molecule has 1 saturated heterocycles. The van der Waals surface area contributed by atoms with E-state index in [-0.39, 0.29) is 11.9 Å². The summed E-state index contributed by atoms with van der Waals surface area (Å²) in [5.41, 5.74) is 0.944. The van der Waals surface area contributed by atoms with Crippen molar-refractivity contribution in [2.24, 2.45) is 5.92 Å². The minimum absolute atomic E-state index is 0.0355. The van der Waals surface area contributed by atoms with Crippen LogP contribution in [0.5, 0.6) is 0 Å². The molecule has 1 amide bonds. The van der Waals surface area contributed by atoms with E-state index in [2.05, 4.69) is 10.3 Å². The van der Waals surface area contributed by atoms with Crippen molar-refractivity contribution in [3.05, 3.63) is 35.7 Å². The number of carbonyl (C=O) groups excluding carboxylic acids is 1. The molecule has 21 heavy (non-hydrogen) atoms. The van der Waals surface area contributed by atoms with E-state index in [1.165, 1.54) is 12.3 Å². The molecule has 2 heterocycles. The van der Waals surface area contributed by atoms with Gasteiger partial charge >= 0.3 is 5.97 Å². The summed E-state index contributed by atoms with van der Waals surface area (Å²) in [6, 6.07) is 3.27. The van der Waals surface area contributed by atoms with Crippen molar-refractivity contribution in [2.45, 2.75) is 19.4 Å². The smallest absolute Gasteiger partial charge is 0.328 e. The van der Waals surface area contributed by atoms with E-state index >= 15 is 0 Å². The van der Waals surface area contributed by atoms with E-state index in [0.717, 1.165) is 19.1 Å². The predicted octanol–water partition coefficient (Wildman–Crippen LogP) is 1.33. The first kappa shape index (κ1) is 15.2. The van der Waals surface area contributed by atoms with Gasteiger partial charge < -0.3 is 15.2 Å². The number of hydrogen-bond donors (Lipinski definition) is 2. The molecule has 112 valence electrons. The Morgan fingerprint density at radius 3 is 2.90 bits per heavy atom. The van der Waals surface area contributed by atoms with Crippen LogP contribution in [0.4, 0.5) is 0 Å². The summed E-state index contributed by atoms with van der Waals surface area (Å²) in [7, 11) is 0. The Kier molecular flexibility index (Phi) is 5.05. The molecule has 0 aromatic carbocycles. The molecule has 2 N–H and O–H groups in total. The third-order valence-electron chi connectivity index (χ3n) is 3.47. The van der Waals surface area contributed by atoms with Crippen molar-refractivity contribution in [1.82, 2.24) is 10.3 Å². The number of amides is 1. The second-order valence-electron chi connectivity index (χ2n) is 5.03. The molecule has 0 radical (unpaired) electrons. The van der Waals surface area contributed by atoms with Gasteiger partial charge in [0.2, 0.25) is 0 Å². The lowest BCUT2D eigenvalue weighted by Crippen LogP contribution is -2.38. The fraction of sp³-hybridized carbons (Fsp3) is 0.400. The van der Waals surface area contributed by atoms with E-state index in [4.69, 9.17) is 9.84 Å². The largest absolute Gasteiger partial charge is 0.478 e. The maximum Gasteiger partial charge on any atom is 0.328 e. The Morgan fingerprint density at radius 2 is 2.33 bits per heavy atom. The number of hydrogen-bond acceptors (Lipinski definition) is 4. The third kappa shape index (κ3) is 4.39. The summed E-state index contributed by atoms with van der Waals surface area (Å²) in [5.74, 6) is -0.917. The van der Waals surface area contributed by atoms with Crippen molar-refractivity contribution >= 4 is 18.0 Å². The molecule has 6 nitrogen and oxygen atoms in total. The van der Waals surface area contributed by atoms with Gasteiger partial charge in [0.25, 0.3) is 5.91 Å². The molecule has 2 rings (SSSR count). The highest BCUT2D eigenvalue weighted by Gasteiger charge is 2.24. The Labute approximate surface area is 122 Å². The number of rotatable bonds is 5. The summed E-state index contributed by atoms with van der Waals surface area (Å²) in [5, 5.41) is 11.5. The molecule has 1 aromatic heterocycles. The summed E-state index contributed by atoms with van der Waals surface area (Å²) in [4.78, 5) is 26.5. The van der Waals surface area contributed by atoms with Crippen LogP contribution < -0.4 is 5.32 Å². The maximum absolute atomic E-state index is 12.1. The van der Waals surface area contributed by atoms with Gasteiger partial charge in [-0.1, -0.05) is 6.07 Å².